The molecule has 0 saturated heterocycles. The van der Waals surface area contributed by atoms with Gasteiger partial charge in [0.2, 0.25) is 0 Å². The highest BCUT2D eigenvalue weighted by atomic mass is 16.6. The van der Waals surface area contributed by atoms with Gasteiger partial charge in [0.15, 0.2) is 6.29 Å². The number of aliphatic hydroxyl groups is 1. The first-order valence-corrected chi connectivity index (χ1v) is 6.43. The maximum atomic E-state index is 11.2. The summed E-state index contributed by atoms with van der Waals surface area (Å²) in [7, 11) is 0. The zero-order valence-corrected chi connectivity index (χ0v) is 12.2. The summed E-state index contributed by atoms with van der Waals surface area (Å²) in [5, 5.41) is 9.38. The van der Waals surface area contributed by atoms with Crippen LogP contribution in [-0.2, 0) is 23.8 Å². The van der Waals surface area contributed by atoms with Gasteiger partial charge in [0.1, 0.15) is 13.2 Å². The maximum Gasteiger partial charge on any atom is 0.330 e. The van der Waals surface area contributed by atoms with Gasteiger partial charge in [-0.05, 0) is 12.5 Å². The Morgan fingerprint density at radius 1 is 1.10 bits per heavy atom. The minimum Gasteiger partial charge on any atom is -0.462 e. The molecule has 0 bridgehead atoms. The summed E-state index contributed by atoms with van der Waals surface area (Å²) in [5.41, 5.74) is -0.776. The topological polar surface area (TPSA) is 82.1 Å². The van der Waals surface area contributed by atoms with Crippen molar-refractivity contribution in [1.82, 2.24) is 0 Å². The van der Waals surface area contributed by atoms with E-state index in [1.54, 1.807) is 0 Å². The molecule has 0 spiro atoms. The van der Waals surface area contributed by atoms with E-state index in [2.05, 4.69) is 19.7 Å². The summed E-state index contributed by atoms with van der Waals surface area (Å²) >= 11 is 0. The quantitative estimate of drug-likeness (QED) is 0.268. The van der Waals surface area contributed by atoms with Crippen LogP contribution in [0.15, 0.2) is 38.0 Å². The standard InChI is InChI=1S/C15H22O6/c1-5-12(16)19-9-15(8-4,10-20-13(17)6-2)11-21-14(18)7-3/h5-7,12,16H,1-3,8-11H2,4H3. The molecule has 1 atom stereocenters. The van der Waals surface area contributed by atoms with Crippen molar-refractivity contribution in [1.29, 1.82) is 0 Å². The molecule has 21 heavy (non-hydrogen) atoms. The molecule has 0 radical (unpaired) electrons. The van der Waals surface area contributed by atoms with Gasteiger partial charge in [-0.2, -0.15) is 0 Å². The number of aliphatic hydroxyl groups excluding tert-OH is 1. The molecule has 0 aromatic carbocycles. The molecule has 6 nitrogen and oxygen atoms in total. The predicted octanol–water partition coefficient (Wildman–Crippen LogP) is 1.36. The largest absolute Gasteiger partial charge is 0.462 e. The summed E-state index contributed by atoms with van der Waals surface area (Å²) in [6.07, 6.45) is 2.63. The monoisotopic (exact) mass is 298 g/mol. The third-order valence-electron chi connectivity index (χ3n) is 2.89. The molecule has 6 heteroatoms. The van der Waals surface area contributed by atoms with Gasteiger partial charge in [-0.1, -0.05) is 26.7 Å². The average molecular weight is 298 g/mol. The number of carbonyl (C=O) groups excluding carboxylic acids is 2. The second-order valence-corrected chi connectivity index (χ2v) is 4.41. The van der Waals surface area contributed by atoms with Gasteiger partial charge in [0.05, 0.1) is 12.0 Å². The highest BCUT2D eigenvalue weighted by Gasteiger charge is 2.33. The van der Waals surface area contributed by atoms with Crippen molar-refractivity contribution in [3.8, 4) is 0 Å². The van der Waals surface area contributed by atoms with Crippen LogP contribution in [0.25, 0.3) is 0 Å². The molecule has 0 fully saturated rings. The second-order valence-electron chi connectivity index (χ2n) is 4.41. The Labute approximate surface area is 124 Å². The van der Waals surface area contributed by atoms with Crippen LogP contribution in [-0.4, -0.2) is 43.2 Å². The van der Waals surface area contributed by atoms with Crippen LogP contribution in [0.5, 0.6) is 0 Å². The van der Waals surface area contributed by atoms with Gasteiger partial charge in [0.25, 0.3) is 0 Å². The van der Waals surface area contributed by atoms with E-state index in [9.17, 15) is 14.7 Å². The molecule has 0 amide bonds. The number of carbonyl (C=O) groups is 2. The van der Waals surface area contributed by atoms with E-state index in [0.717, 1.165) is 12.2 Å². The van der Waals surface area contributed by atoms with Gasteiger partial charge in [-0.15, -0.1) is 0 Å². The predicted molar refractivity (Wildman–Crippen MR) is 77.2 cm³/mol. The van der Waals surface area contributed by atoms with Crippen molar-refractivity contribution in [2.75, 3.05) is 19.8 Å². The van der Waals surface area contributed by atoms with Crippen molar-refractivity contribution in [3.05, 3.63) is 38.0 Å². The lowest BCUT2D eigenvalue weighted by atomic mass is 9.88. The van der Waals surface area contributed by atoms with Crippen LogP contribution in [0.3, 0.4) is 0 Å². The first-order chi connectivity index (χ1) is 9.92. The molecule has 0 aliphatic carbocycles. The molecular weight excluding hydrogens is 276 g/mol. The van der Waals surface area contributed by atoms with Crippen LogP contribution >= 0.6 is 0 Å². The average Bonchev–Trinajstić information content (AvgIpc) is 2.53. The molecule has 0 aliphatic rings. The Kier molecular flexibility index (Phi) is 9.00. The van der Waals surface area contributed by atoms with Crippen LogP contribution in [0.2, 0.25) is 0 Å². The van der Waals surface area contributed by atoms with Crippen molar-refractivity contribution >= 4 is 11.9 Å². The minimum absolute atomic E-state index is 0.0194. The van der Waals surface area contributed by atoms with E-state index in [4.69, 9.17) is 14.2 Å². The fourth-order valence-corrected chi connectivity index (χ4v) is 1.33. The summed E-state index contributed by atoms with van der Waals surface area (Å²) in [5.74, 6) is -1.18. The van der Waals surface area contributed by atoms with E-state index >= 15 is 0 Å². The van der Waals surface area contributed by atoms with Gasteiger partial charge in [-0.3, -0.25) is 0 Å². The van der Waals surface area contributed by atoms with Crippen molar-refractivity contribution in [2.45, 2.75) is 19.6 Å². The highest BCUT2D eigenvalue weighted by Crippen LogP contribution is 2.25. The van der Waals surface area contributed by atoms with Crippen molar-refractivity contribution < 1.29 is 28.9 Å². The van der Waals surface area contributed by atoms with Gasteiger partial charge in [-0.25, -0.2) is 9.59 Å². The fourth-order valence-electron chi connectivity index (χ4n) is 1.33. The minimum atomic E-state index is -1.15. The number of hydrogen-bond donors (Lipinski definition) is 1. The van der Waals surface area contributed by atoms with Gasteiger partial charge < -0.3 is 19.3 Å². The van der Waals surface area contributed by atoms with E-state index in [1.165, 1.54) is 6.08 Å². The second kappa shape index (κ2) is 9.90. The van der Waals surface area contributed by atoms with Crippen LogP contribution in [0, 0.1) is 5.41 Å². The van der Waals surface area contributed by atoms with E-state index in [0.29, 0.717) is 6.42 Å². The lowest BCUT2D eigenvalue weighted by Crippen LogP contribution is -2.39. The van der Waals surface area contributed by atoms with E-state index in [1.807, 2.05) is 6.92 Å². The Morgan fingerprint density at radius 3 is 1.90 bits per heavy atom. The summed E-state index contributed by atoms with van der Waals surface area (Å²) < 4.78 is 15.2. The normalized spacial score (nSPS) is 12.1. The van der Waals surface area contributed by atoms with Crippen LogP contribution in [0.1, 0.15) is 13.3 Å². The molecule has 0 saturated carbocycles. The number of esters is 2. The zero-order valence-electron chi connectivity index (χ0n) is 12.2. The third kappa shape index (κ3) is 7.43. The van der Waals surface area contributed by atoms with Gasteiger partial charge in [0, 0.05) is 12.2 Å². The first-order valence-electron chi connectivity index (χ1n) is 6.43. The number of hydrogen-bond acceptors (Lipinski definition) is 6. The SMILES string of the molecule is C=CC(=O)OCC(CC)(COC(=O)C=C)COC(O)C=C. The highest BCUT2D eigenvalue weighted by molar-refractivity contribution is 5.81. The van der Waals surface area contributed by atoms with Crippen LogP contribution in [0.4, 0.5) is 0 Å². The number of rotatable bonds is 11. The zero-order chi connectivity index (χ0) is 16.3. The molecule has 0 aromatic heterocycles. The van der Waals surface area contributed by atoms with E-state index < -0.39 is 23.6 Å². The molecule has 0 heterocycles. The molecule has 0 rings (SSSR count). The number of ether oxygens (including phenoxy) is 3. The Balaban J connectivity index is 4.83. The Bertz CT molecular complexity index is 364. The lowest BCUT2D eigenvalue weighted by molar-refractivity contribution is -0.159. The smallest absolute Gasteiger partial charge is 0.330 e. The molecular formula is C15H22O6. The van der Waals surface area contributed by atoms with Crippen molar-refractivity contribution in [3.63, 3.8) is 0 Å². The molecule has 0 aliphatic heterocycles. The summed E-state index contributed by atoms with van der Waals surface area (Å²) in [6.45, 7) is 11.8. The molecule has 118 valence electrons. The molecule has 0 aromatic rings. The first kappa shape index (κ1) is 19.1. The summed E-state index contributed by atoms with van der Waals surface area (Å²) in [4.78, 5) is 22.4. The fraction of sp³-hybridized carbons (Fsp3) is 0.467. The Morgan fingerprint density at radius 2 is 1.57 bits per heavy atom. The lowest BCUT2D eigenvalue weighted by Gasteiger charge is -2.31. The Hall–Kier alpha value is -1.92. The molecule has 1 unspecified atom stereocenters. The van der Waals surface area contributed by atoms with Crippen molar-refractivity contribution in [2.24, 2.45) is 5.41 Å². The molecule has 1 N–H and O–H groups in total. The van der Waals surface area contributed by atoms with E-state index in [-0.39, 0.29) is 19.8 Å². The maximum absolute atomic E-state index is 11.2. The third-order valence-corrected chi connectivity index (χ3v) is 2.89. The summed E-state index contributed by atoms with van der Waals surface area (Å²) in [6, 6.07) is 0. The van der Waals surface area contributed by atoms with Gasteiger partial charge >= 0.3 is 11.9 Å². The van der Waals surface area contributed by atoms with Crippen LogP contribution < -0.4 is 0 Å².